The van der Waals surface area contributed by atoms with E-state index in [1.165, 1.54) is 48.9 Å². The van der Waals surface area contributed by atoms with Crippen molar-refractivity contribution in [1.29, 1.82) is 0 Å². The van der Waals surface area contributed by atoms with Gasteiger partial charge in [-0.25, -0.2) is 0 Å². The highest BCUT2D eigenvalue weighted by molar-refractivity contribution is 5.99. The quantitative estimate of drug-likeness (QED) is 0.407. The number of fused-ring (bicyclic) bond motifs is 3. The average Bonchev–Trinajstić information content (AvgIpc) is 3.08. The highest BCUT2D eigenvalue weighted by Gasteiger charge is 2.34. The Hall–Kier alpha value is -4.23. The van der Waals surface area contributed by atoms with Crippen molar-refractivity contribution >= 4 is 28.5 Å². The van der Waals surface area contributed by atoms with Gasteiger partial charge in [-0.15, -0.1) is 0 Å². The Morgan fingerprint density at radius 2 is 1.47 bits per heavy atom. The van der Waals surface area contributed by atoms with Crippen molar-refractivity contribution in [2.75, 3.05) is 6.54 Å². The number of aliphatic imine (C=N–C) groups is 1. The van der Waals surface area contributed by atoms with Crippen molar-refractivity contribution in [2.24, 2.45) is 28.7 Å². The molecule has 0 N–H and O–H groups in total. The number of rotatable bonds is 4. The van der Waals surface area contributed by atoms with Crippen LogP contribution in [0, 0.1) is 30.6 Å². The maximum Gasteiger partial charge on any atom is 0.0496 e. The molecule has 0 fully saturated rings. The van der Waals surface area contributed by atoms with Crippen molar-refractivity contribution in [1.82, 2.24) is 0 Å². The number of hydrogen-bond donors (Lipinski definition) is 0. The Morgan fingerprint density at radius 3 is 2.26 bits per heavy atom. The van der Waals surface area contributed by atoms with Crippen LogP contribution in [0.3, 0.4) is 0 Å². The summed E-state index contributed by atoms with van der Waals surface area (Å²) < 4.78 is 0. The van der Waals surface area contributed by atoms with Gasteiger partial charge in [-0.05, 0) is 99.4 Å². The number of allylic oxidation sites excluding steroid dienone is 12. The summed E-state index contributed by atoms with van der Waals surface area (Å²) in [5.74, 6) is 1.48. The number of hydrogen-bond acceptors (Lipinski definition) is 1. The molecule has 0 saturated carbocycles. The van der Waals surface area contributed by atoms with Gasteiger partial charge in [-0.1, -0.05) is 115 Å². The lowest BCUT2D eigenvalue weighted by molar-refractivity contribution is 0.678. The van der Waals surface area contributed by atoms with Gasteiger partial charge in [-0.2, -0.15) is 0 Å². The van der Waals surface area contributed by atoms with Crippen molar-refractivity contribution in [3.8, 4) is 0 Å². The highest BCUT2D eigenvalue weighted by Crippen LogP contribution is 2.43. The zero-order valence-corrected chi connectivity index (χ0v) is 25.0. The van der Waals surface area contributed by atoms with E-state index >= 15 is 0 Å². The minimum Gasteiger partial charge on any atom is -0.288 e. The molecule has 1 heterocycles. The molecule has 4 unspecified atom stereocenters. The molecule has 8 rings (SSSR count). The first-order valence-electron chi connectivity index (χ1n) is 16.2. The topological polar surface area (TPSA) is 12.4 Å². The van der Waals surface area contributed by atoms with E-state index in [0.29, 0.717) is 23.7 Å². The van der Waals surface area contributed by atoms with E-state index in [0.717, 1.165) is 38.6 Å². The van der Waals surface area contributed by atoms with Gasteiger partial charge in [0.1, 0.15) is 0 Å². The number of nitrogens with zero attached hydrogens (tertiary/aromatic N) is 1. The zero-order valence-electron chi connectivity index (χ0n) is 25.0. The van der Waals surface area contributed by atoms with Crippen LogP contribution in [0.25, 0.3) is 22.8 Å². The molecule has 1 aliphatic heterocycles. The van der Waals surface area contributed by atoms with Crippen molar-refractivity contribution in [3.63, 3.8) is 0 Å². The van der Waals surface area contributed by atoms with E-state index in [1.54, 1.807) is 11.1 Å². The van der Waals surface area contributed by atoms with Gasteiger partial charge in [0, 0.05) is 35.9 Å². The Morgan fingerprint density at radius 1 is 0.698 bits per heavy atom. The second kappa shape index (κ2) is 11.1. The fourth-order valence-electron chi connectivity index (χ4n) is 8.20. The van der Waals surface area contributed by atoms with Crippen molar-refractivity contribution in [3.05, 3.63) is 153 Å². The lowest BCUT2D eigenvalue weighted by Gasteiger charge is -2.36. The molecule has 1 nitrogen and oxygen atoms in total. The van der Waals surface area contributed by atoms with Crippen LogP contribution in [0.2, 0.25) is 0 Å². The third-order valence-electron chi connectivity index (χ3n) is 10.3. The molecule has 43 heavy (non-hydrogen) atoms. The first kappa shape index (κ1) is 26.4. The summed E-state index contributed by atoms with van der Waals surface area (Å²) in [6.07, 6.45) is 36.0. The normalized spacial score (nSPS) is 27.1. The van der Waals surface area contributed by atoms with Gasteiger partial charge in [0.05, 0.1) is 0 Å². The van der Waals surface area contributed by atoms with Gasteiger partial charge in [0.2, 0.25) is 0 Å². The average molecular weight is 558 g/mol. The van der Waals surface area contributed by atoms with Crippen LogP contribution in [0.15, 0.2) is 132 Å². The fourth-order valence-corrected chi connectivity index (χ4v) is 8.20. The van der Waals surface area contributed by atoms with Crippen LogP contribution in [-0.2, 0) is 0 Å². The highest BCUT2D eigenvalue weighted by atomic mass is 14.8. The third-order valence-corrected chi connectivity index (χ3v) is 10.3. The van der Waals surface area contributed by atoms with Gasteiger partial charge in [-0.3, -0.25) is 4.99 Å². The smallest absolute Gasteiger partial charge is 0.0496 e. The fraction of sp³-hybridized carbons (Fsp3) is 0.262. The molecule has 0 spiro atoms. The molecule has 212 valence electrons. The predicted molar refractivity (Wildman–Crippen MR) is 182 cm³/mol. The Balaban J connectivity index is 1.26. The Kier molecular flexibility index (Phi) is 6.83. The molecule has 5 aliphatic carbocycles. The first-order valence-corrected chi connectivity index (χ1v) is 16.2. The van der Waals surface area contributed by atoms with Crippen LogP contribution in [0.4, 0.5) is 0 Å². The van der Waals surface area contributed by atoms with E-state index in [4.69, 9.17) is 4.99 Å². The number of benzene rings is 2. The predicted octanol–water partition coefficient (Wildman–Crippen LogP) is 6.50. The molecule has 0 bridgehead atoms. The van der Waals surface area contributed by atoms with Crippen molar-refractivity contribution in [2.45, 2.75) is 39.0 Å². The van der Waals surface area contributed by atoms with Crippen LogP contribution in [0.1, 0.15) is 37.7 Å². The summed E-state index contributed by atoms with van der Waals surface area (Å²) >= 11 is 0. The Labute approximate surface area is 255 Å². The maximum atomic E-state index is 5.07. The molecule has 2 aromatic carbocycles. The van der Waals surface area contributed by atoms with E-state index in [2.05, 4.69) is 128 Å². The van der Waals surface area contributed by atoms with Gasteiger partial charge < -0.3 is 0 Å². The molecule has 0 amide bonds. The van der Waals surface area contributed by atoms with Crippen LogP contribution < -0.4 is 20.9 Å². The molecule has 0 saturated heterocycles. The molecule has 2 aromatic rings. The standard InChI is InChI=1S/C42H39N/c1-28-12-9-22-34-33(28)21-11-23-35(34)42-38-19-7-5-17-36(38)41(37-18-6-8-20-39(37)42)31-16-10-15-30(26-31)32-24-25-40(43-27-32)29-13-3-2-4-14-29/h2-9,12-13,15,17-22,24-26,29,32,36,38H,10-11,14,16,23,27H2,1H3. The number of dihydropyridines is 1. The third kappa shape index (κ3) is 4.67. The summed E-state index contributed by atoms with van der Waals surface area (Å²) in [5.41, 5.74) is 10.2. The van der Waals surface area contributed by atoms with E-state index in [1.807, 2.05) is 0 Å². The van der Waals surface area contributed by atoms with Crippen LogP contribution in [0.5, 0.6) is 0 Å². The summed E-state index contributed by atoms with van der Waals surface area (Å²) in [7, 11) is 0. The van der Waals surface area contributed by atoms with Gasteiger partial charge in [0.15, 0.2) is 0 Å². The summed E-state index contributed by atoms with van der Waals surface area (Å²) in [6.45, 7) is 3.11. The molecular weight excluding hydrogens is 518 g/mol. The monoisotopic (exact) mass is 557 g/mol. The van der Waals surface area contributed by atoms with E-state index < -0.39 is 0 Å². The second-order valence-electron chi connectivity index (χ2n) is 12.8. The molecule has 0 aromatic heterocycles. The zero-order chi connectivity index (χ0) is 28.8. The largest absolute Gasteiger partial charge is 0.288 e. The lowest BCUT2D eigenvalue weighted by Crippen LogP contribution is -2.43. The molecule has 4 atom stereocenters. The minimum atomic E-state index is 0.352. The molecule has 1 heteroatoms. The Bertz CT molecular complexity index is 2000. The van der Waals surface area contributed by atoms with Crippen LogP contribution in [-0.4, -0.2) is 12.3 Å². The van der Waals surface area contributed by atoms with Gasteiger partial charge >= 0.3 is 0 Å². The first-order chi connectivity index (χ1) is 21.3. The summed E-state index contributed by atoms with van der Waals surface area (Å²) in [5, 5.41) is 5.73. The maximum absolute atomic E-state index is 5.07. The van der Waals surface area contributed by atoms with Gasteiger partial charge in [0.25, 0.3) is 0 Å². The van der Waals surface area contributed by atoms with Crippen LogP contribution >= 0.6 is 0 Å². The van der Waals surface area contributed by atoms with E-state index in [9.17, 15) is 0 Å². The minimum absolute atomic E-state index is 0.352. The second-order valence-corrected chi connectivity index (χ2v) is 12.8. The SMILES string of the molecule is Cc1cccc2c1=CCCC=2C1=c2ccccc2=C(C2=CC(C3C=CC(C4C=CC=CC4)=NC3)=CCC2)C2C=CC=CC12. The molecular formula is C42H39N. The van der Waals surface area contributed by atoms with Crippen molar-refractivity contribution < 1.29 is 0 Å². The summed E-state index contributed by atoms with van der Waals surface area (Å²) in [4.78, 5) is 5.07. The molecule has 0 radical (unpaired) electrons. The lowest BCUT2D eigenvalue weighted by atomic mass is 9.67. The van der Waals surface area contributed by atoms with E-state index in [-0.39, 0.29) is 0 Å². The summed E-state index contributed by atoms with van der Waals surface area (Å²) in [6, 6.07) is 16.1. The molecule has 6 aliphatic rings. The number of aryl methyl sites for hydroxylation is 1.